The van der Waals surface area contributed by atoms with Gasteiger partial charge in [-0.2, -0.15) is 0 Å². The first-order valence-corrected chi connectivity index (χ1v) is 14.4. The highest BCUT2D eigenvalue weighted by atomic mass is 16.5. The second kappa shape index (κ2) is 13.3. The SMILES string of the molecule is Cc1ccc(CN(C(=O)COc2cccc3ccccc23)[C@@H](Cc2ccccc2)C(=O)NC2CCCCC2)cc1. The van der Waals surface area contributed by atoms with Crippen molar-refractivity contribution >= 4 is 22.6 Å². The van der Waals surface area contributed by atoms with Gasteiger partial charge in [0.2, 0.25) is 5.91 Å². The number of nitrogens with one attached hydrogen (secondary N) is 1. The number of aryl methyl sites for hydroxylation is 1. The molecule has 1 N–H and O–H groups in total. The van der Waals surface area contributed by atoms with Gasteiger partial charge in [0.15, 0.2) is 6.61 Å². The van der Waals surface area contributed by atoms with Gasteiger partial charge in [-0.05, 0) is 42.3 Å². The largest absolute Gasteiger partial charge is 0.483 e. The Balaban J connectivity index is 1.43. The summed E-state index contributed by atoms with van der Waals surface area (Å²) in [5.41, 5.74) is 3.15. The predicted molar refractivity (Wildman–Crippen MR) is 160 cm³/mol. The van der Waals surface area contributed by atoms with Crippen molar-refractivity contribution in [2.24, 2.45) is 0 Å². The van der Waals surface area contributed by atoms with Crippen LogP contribution in [0.2, 0.25) is 0 Å². The number of carbonyl (C=O) groups excluding carboxylic acids is 2. The number of rotatable bonds is 10. The van der Waals surface area contributed by atoms with E-state index < -0.39 is 6.04 Å². The first-order valence-electron chi connectivity index (χ1n) is 14.4. The van der Waals surface area contributed by atoms with Crippen LogP contribution in [-0.2, 0) is 22.6 Å². The van der Waals surface area contributed by atoms with E-state index >= 15 is 0 Å². The summed E-state index contributed by atoms with van der Waals surface area (Å²) >= 11 is 0. The summed E-state index contributed by atoms with van der Waals surface area (Å²) in [4.78, 5) is 29.6. The molecule has 0 aromatic heterocycles. The van der Waals surface area contributed by atoms with Crippen molar-refractivity contribution in [1.29, 1.82) is 0 Å². The average molecular weight is 535 g/mol. The highest BCUT2D eigenvalue weighted by Crippen LogP contribution is 2.26. The van der Waals surface area contributed by atoms with E-state index in [1.807, 2.05) is 104 Å². The van der Waals surface area contributed by atoms with E-state index in [2.05, 4.69) is 5.32 Å². The molecule has 206 valence electrons. The van der Waals surface area contributed by atoms with E-state index in [1.54, 1.807) is 4.90 Å². The third kappa shape index (κ3) is 7.09. The van der Waals surface area contributed by atoms with Gasteiger partial charge in [0.1, 0.15) is 11.8 Å². The Hall–Kier alpha value is -4.12. The van der Waals surface area contributed by atoms with Crippen molar-refractivity contribution < 1.29 is 14.3 Å². The van der Waals surface area contributed by atoms with Crippen LogP contribution in [0.5, 0.6) is 5.75 Å². The molecule has 2 amide bonds. The van der Waals surface area contributed by atoms with Crippen molar-refractivity contribution in [1.82, 2.24) is 10.2 Å². The zero-order valence-electron chi connectivity index (χ0n) is 23.2. The van der Waals surface area contributed by atoms with Crippen LogP contribution >= 0.6 is 0 Å². The topological polar surface area (TPSA) is 58.6 Å². The molecular formula is C35H38N2O3. The van der Waals surface area contributed by atoms with Crippen LogP contribution in [-0.4, -0.2) is 35.4 Å². The molecule has 1 aliphatic rings. The predicted octanol–water partition coefficient (Wildman–Crippen LogP) is 6.62. The summed E-state index contributed by atoms with van der Waals surface area (Å²) in [6.07, 6.45) is 5.87. The minimum Gasteiger partial charge on any atom is -0.483 e. The molecule has 4 aromatic rings. The van der Waals surface area contributed by atoms with Crippen LogP contribution in [0, 0.1) is 6.92 Å². The zero-order valence-corrected chi connectivity index (χ0v) is 23.2. The lowest BCUT2D eigenvalue weighted by Crippen LogP contribution is -2.53. The fraction of sp³-hybridized carbons (Fsp3) is 0.314. The van der Waals surface area contributed by atoms with E-state index in [1.165, 1.54) is 6.42 Å². The molecule has 5 rings (SSSR count). The van der Waals surface area contributed by atoms with Gasteiger partial charge in [-0.1, -0.05) is 116 Å². The van der Waals surface area contributed by atoms with Gasteiger partial charge >= 0.3 is 0 Å². The summed E-state index contributed by atoms with van der Waals surface area (Å²) in [6.45, 7) is 2.22. The summed E-state index contributed by atoms with van der Waals surface area (Å²) in [5, 5.41) is 5.30. The van der Waals surface area contributed by atoms with Gasteiger partial charge in [-0.15, -0.1) is 0 Å². The van der Waals surface area contributed by atoms with E-state index in [4.69, 9.17) is 4.74 Å². The zero-order chi connectivity index (χ0) is 27.7. The van der Waals surface area contributed by atoms with Gasteiger partial charge in [-0.3, -0.25) is 9.59 Å². The molecule has 0 saturated heterocycles. The molecule has 1 atom stereocenters. The number of fused-ring (bicyclic) bond motifs is 1. The number of hydrogen-bond acceptors (Lipinski definition) is 3. The first-order chi connectivity index (χ1) is 19.6. The highest BCUT2D eigenvalue weighted by molar-refractivity contribution is 5.90. The van der Waals surface area contributed by atoms with Gasteiger partial charge in [-0.25, -0.2) is 0 Å². The normalized spacial score (nSPS) is 14.4. The maximum Gasteiger partial charge on any atom is 0.261 e. The lowest BCUT2D eigenvalue weighted by atomic mass is 9.94. The number of carbonyl (C=O) groups is 2. The van der Waals surface area contributed by atoms with Crippen LogP contribution < -0.4 is 10.1 Å². The molecule has 0 aliphatic heterocycles. The van der Waals surface area contributed by atoms with E-state index in [9.17, 15) is 9.59 Å². The molecule has 40 heavy (non-hydrogen) atoms. The lowest BCUT2D eigenvalue weighted by molar-refractivity contribution is -0.143. The Bertz CT molecular complexity index is 1410. The quantitative estimate of drug-likeness (QED) is 0.249. The van der Waals surface area contributed by atoms with Gasteiger partial charge in [0, 0.05) is 24.4 Å². The number of ether oxygens (including phenoxy) is 1. The molecule has 5 nitrogen and oxygen atoms in total. The monoisotopic (exact) mass is 534 g/mol. The number of nitrogens with zero attached hydrogens (tertiary/aromatic N) is 1. The summed E-state index contributed by atoms with van der Waals surface area (Å²) in [5.74, 6) is 0.350. The van der Waals surface area contributed by atoms with E-state index in [0.29, 0.717) is 18.7 Å². The van der Waals surface area contributed by atoms with Gasteiger partial charge in [0.05, 0.1) is 0 Å². The Labute approximate surface area is 237 Å². The van der Waals surface area contributed by atoms with Crippen molar-refractivity contribution in [2.45, 2.75) is 64.1 Å². The summed E-state index contributed by atoms with van der Waals surface area (Å²) in [7, 11) is 0. The van der Waals surface area contributed by atoms with Crippen LogP contribution in [0.4, 0.5) is 0 Å². The smallest absolute Gasteiger partial charge is 0.261 e. The van der Waals surface area contributed by atoms with E-state index in [0.717, 1.165) is 53.1 Å². The minimum atomic E-state index is -0.658. The highest BCUT2D eigenvalue weighted by Gasteiger charge is 2.32. The van der Waals surface area contributed by atoms with Gasteiger partial charge < -0.3 is 15.0 Å². The van der Waals surface area contributed by atoms with Crippen molar-refractivity contribution in [3.8, 4) is 5.75 Å². The Morgan fingerprint density at radius 1 is 0.825 bits per heavy atom. The summed E-state index contributed by atoms with van der Waals surface area (Å²) in [6, 6.07) is 31.4. The minimum absolute atomic E-state index is 0.0959. The maximum absolute atomic E-state index is 14.0. The molecular weight excluding hydrogens is 496 g/mol. The fourth-order valence-electron chi connectivity index (χ4n) is 5.53. The van der Waals surface area contributed by atoms with Gasteiger partial charge in [0.25, 0.3) is 5.91 Å². The molecule has 1 aliphatic carbocycles. The molecule has 1 fully saturated rings. The summed E-state index contributed by atoms with van der Waals surface area (Å²) < 4.78 is 6.13. The van der Waals surface area contributed by atoms with Crippen LogP contribution in [0.15, 0.2) is 97.1 Å². The average Bonchev–Trinajstić information content (AvgIpc) is 2.99. The van der Waals surface area contributed by atoms with Crippen LogP contribution in [0.25, 0.3) is 10.8 Å². The molecule has 0 heterocycles. The third-order valence-corrected chi connectivity index (χ3v) is 7.80. The van der Waals surface area contributed by atoms with E-state index in [-0.39, 0.29) is 24.5 Å². The molecule has 0 radical (unpaired) electrons. The Morgan fingerprint density at radius 3 is 2.30 bits per heavy atom. The Kier molecular flexibility index (Phi) is 9.12. The number of amides is 2. The molecule has 0 spiro atoms. The van der Waals surface area contributed by atoms with Crippen molar-refractivity contribution in [2.75, 3.05) is 6.61 Å². The van der Waals surface area contributed by atoms with Crippen LogP contribution in [0.3, 0.4) is 0 Å². The second-order valence-corrected chi connectivity index (χ2v) is 10.8. The van der Waals surface area contributed by atoms with Crippen molar-refractivity contribution in [3.05, 3.63) is 114 Å². The third-order valence-electron chi connectivity index (χ3n) is 7.80. The van der Waals surface area contributed by atoms with Crippen molar-refractivity contribution in [3.63, 3.8) is 0 Å². The second-order valence-electron chi connectivity index (χ2n) is 10.8. The Morgan fingerprint density at radius 2 is 1.52 bits per heavy atom. The fourth-order valence-corrected chi connectivity index (χ4v) is 5.53. The standard InChI is InChI=1S/C35H38N2O3/c1-26-19-21-28(22-20-26)24-37(34(38)25-40-33-18-10-14-29-13-8-9-17-31(29)33)32(23-27-11-4-2-5-12-27)35(39)36-30-15-6-3-7-16-30/h2,4-5,8-14,17-22,30,32H,3,6-7,15-16,23-25H2,1H3,(H,36,39)/t32-/m0/s1. The molecule has 1 saturated carbocycles. The number of hydrogen-bond donors (Lipinski definition) is 1. The lowest BCUT2D eigenvalue weighted by Gasteiger charge is -2.33. The molecule has 0 bridgehead atoms. The molecule has 0 unspecified atom stereocenters. The maximum atomic E-state index is 14.0. The first kappa shape index (κ1) is 27.4. The number of benzene rings is 4. The molecule has 5 heteroatoms. The molecule has 4 aromatic carbocycles. The van der Waals surface area contributed by atoms with Crippen LogP contribution in [0.1, 0.15) is 48.8 Å².